The van der Waals surface area contributed by atoms with Gasteiger partial charge in [-0.05, 0) is 43.5 Å². The predicted octanol–water partition coefficient (Wildman–Crippen LogP) is 3.35. The zero-order valence-corrected chi connectivity index (χ0v) is 17.3. The number of thiazole rings is 1. The number of rotatable bonds is 6. The van der Waals surface area contributed by atoms with Gasteiger partial charge >= 0.3 is 5.97 Å². The van der Waals surface area contributed by atoms with Gasteiger partial charge in [0.15, 0.2) is 10.5 Å². The highest BCUT2D eigenvalue weighted by molar-refractivity contribution is 7.16. The van der Waals surface area contributed by atoms with Crippen LogP contribution < -0.4 is 4.80 Å². The molecule has 148 valence electrons. The summed E-state index contributed by atoms with van der Waals surface area (Å²) in [4.78, 5) is 29.4. The number of hydrogen-bond acceptors (Lipinski definition) is 5. The number of nitrogens with zero attached hydrogens (tertiary/aromatic N) is 4. The van der Waals surface area contributed by atoms with E-state index in [0.717, 1.165) is 10.2 Å². The highest BCUT2D eigenvalue weighted by Gasteiger charge is 2.15. The SMILES string of the molecule is CCOC(=O)Cn1c(=NC(=O)c2ccn(CC)n2)sc2cc(C(C)C)ccc21. The van der Waals surface area contributed by atoms with Crippen LogP contribution in [0, 0.1) is 0 Å². The normalized spacial score (nSPS) is 12.1. The second-order valence-corrected chi connectivity index (χ2v) is 7.64. The maximum absolute atomic E-state index is 12.6. The quantitative estimate of drug-likeness (QED) is 0.595. The van der Waals surface area contributed by atoms with Gasteiger partial charge in [-0.15, -0.1) is 0 Å². The van der Waals surface area contributed by atoms with Crippen molar-refractivity contribution in [2.24, 2.45) is 4.99 Å². The molecule has 0 N–H and O–H groups in total. The van der Waals surface area contributed by atoms with Crippen LogP contribution in [0.5, 0.6) is 0 Å². The summed E-state index contributed by atoms with van der Waals surface area (Å²) in [5, 5.41) is 4.21. The zero-order valence-electron chi connectivity index (χ0n) is 16.5. The minimum atomic E-state index is -0.430. The van der Waals surface area contributed by atoms with Gasteiger partial charge in [-0.3, -0.25) is 14.3 Å². The molecule has 0 aliphatic heterocycles. The average molecular weight is 401 g/mol. The van der Waals surface area contributed by atoms with Crippen molar-refractivity contribution < 1.29 is 14.3 Å². The first-order valence-corrected chi connectivity index (χ1v) is 10.2. The molecule has 0 aliphatic carbocycles. The van der Waals surface area contributed by atoms with Crippen molar-refractivity contribution in [3.05, 3.63) is 46.5 Å². The van der Waals surface area contributed by atoms with E-state index in [0.29, 0.717) is 23.9 Å². The second-order valence-electron chi connectivity index (χ2n) is 6.63. The average Bonchev–Trinajstić information content (AvgIpc) is 3.27. The molecule has 8 heteroatoms. The molecule has 2 heterocycles. The maximum atomic E-state index is 12.6. The summed E-state index contributed by atoms with van der Waals surface area (Å²) in [5.74, 6) is -0.412. The fraction of sp³-hybridized carbons (Fsp3) is 0.400. The number of carbonyl (C=O) groups is 2. The fourth-order valence-electron chi connectivity index (χ4n) is 2.82. The number of fused-ring (bicyclic) bond motifs is 1. The molecule has 0 atom stereocenters. The molecule has 1 aromatic carbocycles. The van der Waals surface area contributed by atoms with E-state index in [-0.39, 0.29) is 18.2 Å². The molecule has 0 spiro atoms. The molecule has 0 saturated carbocycles. The first kappa shape index (κ1) is 20.0. The van der Waals surface area contributed by atoms with Gasteiger partial charge in [0.05, 0.1) is 16.8 Å². The van der Waals surface area contributed by atoms with Crippen molar-refractivity contribution in [3.63, 3.8) is 0 Å². The monoisotopic (exact) mass is 400 g/mol. The Labute approximate surface area is 167 Å². The minimum Gasteiger partial charge on any atom is -0.465 e. The summed E-state index contributed by atoms with van der Waals surface area (Å²) in [6, 6.07) is 7.74. The van der Waals surface area contributed by atoms with Crippen molar-refractivity contribution in [2.75, 3.05) is 6.61 Å². The highest BCUT2D eigenvalue weighted by atomic mass is 32.1. The lowest BCUT2D eigenvalue weighted by molar-refractivity contribution is -0.143. The summed E-state index contributed by atoms with van der Waals surface area (Å²) < 4.78 is 9.47. The smallest absolute Gasteiger partial charge is 0.326 e. The first-order chi connectivity index (χ1) is 13.4. The minimum absolute atomic E-state index is 0.00434. The van der Waals surface area contributed by atoms with E-state index < -0.39 is 5.91 Å². The van der Waals surface area contributed by atoms with Crippen LogP contribution in [0.2, 0.25) is 0 Å². The Kier molecular flexibility index (Phi) is 6.08. The van der Waals surface area contributed by atoms with Gasteiger partial charge in [0, 0.05) is 12.7 Å². The molecule has 0 saturated heterocycles. The van der Waals surface area contributed by atoms with E-state index >= 15 is 0 Å². The van der Waals surface area contributed by atoms with E-state index in [1.54, 1.807) is 28.4 Å². The topological polar surface area (TPSA) is 78.5 Å². The van der Waals surface area contributed by atoms with Gasteiger partial charge in [-0.1, -0.05) is 31.3 Å². The number of esters is 1. The van der Waals surface area contributed by atoms with Crippen LogP contribution in [-0.4, -0.2) is 32.8 Å². The van der Waals surface area contributed by atoms with Crippen LogP contribution in [-0.2, 0) is 22.6 Å². The molecular formula is C20H24N4O3S. The van der Waals surface area contributed by atoms with Crippen molar-refractivity contribution in [1.29, 1.82) is 0 Å². The lowest BCUT2D eigenvalue weighted by atomic mass is 10.0. The molecule has 1 amide bonds. The molecule has 0 fully saturated rings. The molecule has 3 rings (SSSR count). The third kappa shape index (κ3) is 4.22. The highest BCUT2D eigenvalue weighted by Crippen LogP contribution is 2.23. The van der Waals surface area contributed by atoms with Gasteiger partial charge in [0.25, 0.3) is 5.91 Å². The lowest BCUT2D eigenvalue weighted by Gasteiger charge is -2.07. The molecule has 0 unspecified atom stereocenters. The molecule has 0 aliphatic rings. The number of ether oxygens (including phenoxy) is 1. The third-order valence-electron chi connectivity index (χ3n) is 4.35. The van der Waals surface area contributed by atoms with Crippen molar-refractivity contribution in [2.45, 2.75) is 46.7 Å². The Hall–Kier alpha value is -2.74. The molecular weight excluding hydrogens is 376 g/mol. The largest absolute Gasteiger partial charge is 0.465 e. The van der Waals surface area contributed by atoms with Crippen LogP contribution in [0.4, 0.5) is 0 Å². The standard InChI is InChI=1S/C20H24N4O3S/c1-5-23-10-9-15(22-23)19(26)21-20-24(12-18(25)27-6-2)16-8-7-14(13(3)4)11-17(16)28-20/h7-11,13H,5-6,12H2,1-4H3. The number of carbonyl (C=O) groups excluding carboxylic acids is 2. The van der Waals surface area contributed by atoms with E-state index in [4.69, 9.17) is 4.74 Å². The molecule has 0 bridgehead atoms. The summed E-state index contributed by atoms with van der Waals surface area (Å²) in [7, 11) is 0. The number of benzene rings is 1. The van der Waals surface area contributed by atoms with Crippen molar-refractivity contribution in [3.8, 4) is 0 Å². The Bertz CT molecular complexity index is 1070. The number of aromatic nitrogens is 3. The Balaban J connectivity index is 2.10. The summed E-state index contributed by atoms with van der Waals surface area (Å²) >= 11 is 1.38. The van der Waals surface area contributed by atoms with Crippen LogP contribution in [0.15, 0.2) is 35.5 Å². The number of amides is 1. The van der Waals surface area contributed by atoms with E-state index in [1.807, 2.05) is 19.1 Å². The third-order valence-corrected chi connectivity index (χ3v) is 5.39. The van der Waals surface area contributed by atoms with Crippen molar-refractivity contribution >= 4 is 33.4 Å². The van der Waals surface area contributed by atoms with Gasteiger partial charge in [-0.25, -0.2) is 0 Å². The van der Waals surface area contributed by atoms with Gasteiger partial charge in [0.1, 0.15) is 6.54 Å². The lowest BCUT2D eigenvalue weighted by Crippen LogP contribution is -2.23. The number of hydrogen-bond donors (Lipinski definition) is 0. The molecule has 0 radical (unpaired) electrons. The predicted molar refractivity (Wildman–Crippen MR) is 108 cm³/mol. The molecule has 7 nitrogen and oxygen atoms in total. The van der Waals surface area contributed by atoms with Gasteiger partial charge < -0.3 is 9.30 Å². The Morgan fingerprint density at radius 3 is 2.68 bits per heavy atom. The fourth-order valence-corrected chi connectivity index (χ4v) is 3.89. The van der Waals surface area contributed by atoms with E-state index in [1.165, 1.54) is 16.9 Å². The van der Waals surface area contributed by atoms with Crippen LogP contribution in [0.25, 0.3) is 10.2 Å². The molecule has 2 aromatic heterocycles. The first-order valence-electron chi connectivity index (χ1n) is 9.34. The summed E-state index contributed by atoms with van der Waals surface area (Å²) in [5.41, 5.74) is 2.33. The maximum Gasteiger partial charge on any atom is 0.326 e. The van der Waals surface area contributed by atoms with Crippen LogP contribution in [0.3, 0.4) is 0 Å². The van der Waals surface area contributed by atoms with Gasteiger partial charge in [-0.2, -0.15) is 10.1 Å². The van der Waals surface area contributed by atoms with Crippen molar-refractivity contribution in [1.82, 2.24) is 14.3 Å². The summed E-state index contributed by atoms with van der Waals surface area (Å²) in [6.45, 7) is 8.95. The molecule has 3 aromatic rings. The zero-order chi connectivity index (χ0) is 20.3. The second kappa shape index (κ2) is 8.52. The molecule has 28 heavy (non-hydrogen) atoms. The Morgan fingerprint density at radius 2 is 2.04 bits per heavy atom. The summed E-state index contributed by atoms with van der Waals surface area (Å²) in [6.07, 6.45) is 1.75. The Morgan fingerprint density at radius 1 is 1.25 bits per heavy atom. The number of aryl methyl sites for hydroxylation is 1. The van der Waals surface area contributed by atoms with Crippen LogP contribution >= 0.6 is 11.3 Å². The van der Waals surface area contributed by atoms with Gasteiger partial charge in [0.2, 0.25) is 0 Å². The van der Waals surface area contributed by atoms with E-state index in [9.17, 15) is 9.59 Å². The van der Waals surface area contributed by atoms with E-state index in [2.05, 4.69) is 30.0 Å². The van der Waals surface area contributed by atoms with Crippen LogP contribution in [0.1, 0.15) is 49.7 Å².